The Bertz CT molecular complexity index is 1450. The highest BCUT2D eigenvalue weighted by atomic mass is 16.5. The lowest BCUT2D eigenvalue weighted by molar-refractivity contribution is -0.125. The van der Waals surface area contributed by atoms with E-state index in [1.54, 1.807) is 0 Å². The molecule has 2 aliphatic heterocycles. The zero-order valence-electron chi connectivity index (χ0n) is 24.0. The molecule has 0 saturated carbocycles. The van der Waals surface area contributed by atoms with E-state index in [0.717, 1.165) is 98.8 Å². The number of amides is 1. The molecule has 0 atom stereocenters. The van der Waals surface area contributed by atoms with Gasteiger partial charge < -0.3 is 15.0 Å². The van der Waals surface area contributed by atoms with E-state index < -0.39 is 5.41 Å². The van der Waals surface area contributed by atoms with E-state index in [4.69, 9.17) is 9.72 Å². The van der Waals surface area contributed by atoms with Gasteiger partial charge in [-0.15, -0.1) is 0 Å². The number of hydrogen-bond donors (Lipinski definition) is 1. The third-order valence-electron chi connectivity index (χ3n) is 8.67. The number of para-hydroxylation sites is 3. The van der Waals surface area contributed by atoms with E-state index in [-0.39, 0.29) is 5.91 Å². The smallest absolute Gasteiger partial charge is 0.235 e. The number of aromatic nitrogens is 1. The molecule has 2 aliphatic rings. The van der Waals surface area contributed by atoms with Crippen molar-refractivity contribution in [1.29, 1.82) is 0 Å². The number of fused-ring (bicyclic) bond motifs is 3. The van der Waals surface area contributed by atoms with E-state index in [1.165, 1.54) is 5.39 Å². The van der Waals surface area contributed by atoms with Crippen LogP contribution in [0.4, 0.5) is 5.82 Å². The zero-order chi connectivity index (χ0) is 28.1. The van der Waals surface area contributed by atoms with Gasteiger partial charge in [-0.3, -0.25) is 9.69 Å². The Morgan fingerprint density at radius 2 is 1.51 bits per heavy atom. The van der Waals surface area contributed by atoms with Crippen LogP contribution in [0.3, 0.4) is 0 Å². The first-order chi connectivity index (χ1) is 20.2. The molecule has 1 fully saturated rings. The molecule has 212 valence electrons. The molecule has 0 spiro atoms. The number of anilines is 1. The van der Waals surface area contributed by atoms with E-state index in [9.17, 15) is 4.79 Å². The Kier molecular flexibility index (Phi) is 8.19. The van der Waals surface area contributed by atoms with Crippen LogP contribution in [0.2, 0.25) is 0 Å². The van der Waals surface area contributed by atoms with Gasteiger partial charge in [0.15, 0.2) is 0 Å². The summed E-state index contributed by atoms with van der Waals surface area (Å²) in [6, 6.07) is 28.8. The molecule has 0 bridgehead atoms. The van der Waals surface area contributed by atoms with Crippen LogP contribution in [-0.4, -0.2) is 55.1 Å². The van der Waals surface area contributed by atoms with E-state index in [1.807, 2.05) is 42.5 Å². The van der Waals surface area contributed by atoms with Gasteiger partial charge in [0.25, 0.3) is 0 Å². The minimum absolute atomic E-state index is 0.0886. The summed E-state index contributed by atoms with van der Waals surface area (Å²) >= 11 is 0. The molecule has 6 rings (SSSR count). The lowest BCUT2D eigenvalue weighted by atomic mass is 9.68. The molecule has 6 heteroatoms. The second-order valence-corrected chi connectivity index (χ2v) is 11.3. The van der Waals surface area contributed by atoms with Crippen molar-refractivity contribution in [2.45, 2.75) is 44.4 Å². The number of pyridine rings is 1. The number of piperazine rings is 1. The van der Waals surface area contributed by atoms with Crippen molar-refractivity contribution in [2.24, 2.45) is 0 Å². The molecule has 1 aromatic heterocycles. The van der Waals surface area contributed by atoms with Crippen molar-refractivity contribution < 1.29 is 9.53 Å². The normalized spacial score (nSPS) is 16.1. The summed E-state index contributed by atoms with van der Waals surface area (Å²) in [6.45, 7) is 7.89. The van der Waals surface area contributed by atoms with Crippen molar-refractivity contribution >= 4 is 22.6 Å². The highest BCUT2D eigenvalue weighted by Crippen LogP contribution is 2.50. The molecular formula is C35H40N4O2. The van der Waals surface area contributed by atoms with Crippen LogP contribution < -0.4 is 15.0 Å². The summed E-state index contributed by atoms with van der Waals surface area (Å²) in [6.07, 6.45) is 4.78. The maximum atomic E-state index is 14.1. The molecule has 6 nitrogen and oxygen atoms in total. The van der Waals surface area contributed by atoms with Crippen LogP contribution in [0.1, 0.15) is 50.2 Å². The molecule has 0 aliphatic carbocycles. The standard InChI is InChI=1S/C35H40N4O2/c1-2-3-21-36-34(40)35(28-13-5-8-16-31(28)41-32-17-9-6-14-29(32)35)20-10-11-22-38-23-25-39(26-24-38)33-19-18-27-12-4-7-15-30(27)37-33/h4-9,12-19H,2-3,10-11,20-26H2,1H3,(H,36,40). The molecule has 1 saturated heterocycles. The Morgan fingerprint density at radius 1 is 0.829 bits per heavy atom. The Morgan fingerprint density at radius 3 is 2.24 bits per heavy atom. The van der Waals surface area contributed by atoms with Crippen LogP contribution in [0, 0.1) is 0 Å². The topological polar surface area (TPSA) is 57.7 Å². The van der Waals surface area contributed by atoms with Crippen LogP contribution in [0.15, 0.2) is 84.9 Å². The first-order valence-electron chi connectivity index (χ1n) is 15.2. The number of rotatable bonds is 10. The van der Waals surface area contributed by atoms with E-state index >= 15 is 0 Å². The predicted octanol–water partition coefficient (Wildman–Crippen LogP) is 6.54. The summed E-state index contributed by atoms with van der Waals surface area (Å²) in [5.41, 5.74) is 2.25. The van der Waals surface area contributed by atoms with Gasteiger partial charge in [0.2, 0.25) is 5.91 Å². The summed E-state index contributed by atoms with van der Waals surface area (Å²) in [5, 5.41) is 4.46. The number of unbranched alkanes of at least 4 members (excludes halogenated alkanes) is 2. The summed E-state index contributed by atoms with van der Waals surface area (Å²) in [7, 11) is 0. The van der Waals surface area contributed by atoms with Gasteiger partial charge in [-0.25, -0.2) is 4.98 Å². The summed E-state index contributed by atoms with van der Waals surface area (Å²) < 4.78 is 6.28. The number of ether oxygens (including phenoxy) is 1. The third-order valence-corrected chi connectivity index (χ3v) is 8.67. The fourth-order valence-corrected chi connectivity index (χ4v) is 6.39. The number of hydrogen-bond acceptors (Lipinski definition) is 5. The van der Waals surface area contributed by atoms with Gasteiger partial charge in [-0.2, -0.15) is 0 Å². The van der Waals surface area contributed by atoms with Gasteiger partial charge >= 0.3 is 0 Å². The maximum Gasteiger partial charge on any atom is 0.235 e. The molecule has 3 aromatic carbocycles. The molecule has 0 radical (unpaired) electrons. The van der Waals surface area contributed by atoms with Crippen molar-refractivity contribution in [3.8, 4) is 11.5 Å². The second kappa shape index (κ2) is 12.3. The first-order valence-corrected chi connectivity index (χ1v) is 15.2. The van der Waals surface area contributed by atoms with E-state index in [2.05, 4.69) is 64.5 Å². The highest BCUT2D eigenvalue weighted by molar-refractivity contribution is 5.94. The lowest BCUT2D eigenvalue weighted by Crippen LogP contribution is -2.48. The van der Waals surface area contributed by atoms with Crippen molar-refractivity contribution in [1.82, 2.24) is 15.2 Å². The Hall–Kier alpha value is -3.90. The Balaban J connectivity index is 1.12. The fourth-order valence-electron chi connectivity index (χ4n) is 6.39. The van der Waals surface area contributed by atoms with E-state index in [0.29, 0.717) is 6.54 Å². The van der Waals surface area contributed by atoms with Gasteiger partial charge in [0.1, 0.15) is 22.7 Å². The van der Waals surface area contributed by atoms with Crippen molar-refractivity contribution in [2.75, 3.05) is 44.2 Å². The van der Waals surface area contributed by atoms with Crippen LogP contribution in [-0.2, 0) is 10.2 Å². The zero-order valence-corrected chi connectivity index (χ0v) is 24.0. The number of nitrogens with one attached hydrogen (secondary N) is 1. The fraction of sp³-hybridized carbons (Fsp3) is 0.371. The highest BCUT2D eigenvalue weighted by Gasteiger charge is 2.47. The maximum absolute atomic E-state index is 14.1. The van der Waals surface area contributed by atoms with Gasteiger partial charge in [-0.1, -0.05) is 74.4 Å². The minimum Gasteiger partial charge on any atom is -0.457 e. The Labute approximate surface area is 243 Å². The van der Waals surface area contributed by atoms with Gasteiger partial charge in [0, 0.05) is 49.2 Å². The van der Waals surface area contributed by atoms with Crippen LogP contribution >= 0.6 is 0 Å². The number of carbonyl (C=O) groups is 1. The number of nitrogens with zero attached hydrogens (tertiary/aromatic N) is 3. The molecule has 1 N–H and O–H groups in total. The largest absolute Gasteiger partial charge is 0.457 e. The average Bonchev–Trinajstić information content (AvgIpc) is 3.02. The number of carbonyl (C=O) groups excluding carboxylic acids is 1. The molecule has 4 aromatic rings. The minimum atomic E-state index is -0.750. The van der Waals surface area contributed by atoms with Crippen LogP contribution in [0.25, 0.3) is 10.9 Å². The molecule has 41 heavy (non-hydrogen) atoms. The number of benzene rings is 3. The van der Waals surface area contributed by atoms with Crippen molar-refractivity contribution in [3.05, 3.63) is 96.1 Å². The van der Waals surface area contributed by atoms with Gasteiger partial charge in [0.05, 0.1) is 5.52 Å². The molecule has 3 heterocycles. The third kappa shape index (κ3) is 5.53. The predicted molar refractivity (Wildman–Crippen MR) is 166 cm³/mol. The van der Waals surface area contributed by atoms with Gasteiger partial charge in [-0.05, 0) is 56.1 Å². The van der Waals surface area contributed by atoms with Crippen LogP contribution in [0.5, 0.6) is 11.5 Å². The SMILES string of the molecule is CCCCNC(=O)C1(CCCCN2CCN(c3ccc4ccccc4n3)CC2)c2ccccc2Oc2ccccc21. The second-order valence-electron chi connectivity index (χ2n) is 11.3. The molecule has 0 unspecified atom stereocenters. The summed E-state index contributed by atoms with van der Waals surface area (Å²) in [4.78, 5) is 23.9. The molecule has 1 amide bonds. The van der Waals surface area contributed by atoms with Crippen molar-refractivity contribution in [3.63, 3.8) is 0 Å². The quantitative estimate of drug-likeness (QED) is 0.228. The lowest BCUT2D eigenvalue weighted by Gasteiger charge is -2.39. The summed E-state index contributed by atoms with van der Waals surface area (Å²) in [5.74, 6) is 2.73. The molecular weight excluding hydrogens is 508 g/mol. The first kappa shape index (κ1) is 27.3. The monoisotopic (exact) mass is 548 g/mol. The average molecular weight is 549 g/mol.